The van der Waals surface area contributed by atoms with Crippen LogP contribution in [0, 0.1) is 10.9 Å². The number of allylic oxidation sites excluding steroid dienone is 2. The van der Waals surface area contributed by atoms with Gasteiger partial charge in [-0.1, -0.05) is 56.4 Å². The number of amidine groups is 1. The molecule has 0 radical (unpaired) electrons. The molecule has 0 fully saturated rings. The number of aromatic nitrogens is 1. The maximum Gasteiger partial charge on any atom is 0.173 e. The van der Waals surface area contributed by atoms with E-state index in [0.717, 1.165) is 34.8 Å². The monoisotopic (exact) mass is 390 g/mol. The summed E-state index contributed by atoms with van der Waals surface area (Å²) < 4.78 is 7.69. The standard InChI is InChI=1S/C22H24N4O.C2H6/c1-3-8-17(27-2)9-6-7-14-26-20-11-5-4-10-18(20)19-15-16(22(23)25-24)12-13-21(19)26;1-2/h3-8,10-13,15,17,23-24H,9,14H2,1-2H3;1-2H3/b7-6+,8-3-,23-22?,25-24?;. The average Bonchev–Trinajstić information content (AvgIpc) is 3.09. The molecule has 1 unspecified atom stereocenters. The molecular weight excluding hydrogens is 360 g/mol. The van der Waals surface area contributed by atoms with Gasteiger partial charge in [0.2, 0.25) is 0 Å². The number of fused-ring (bicyclic) bond motifs is 3. The van der Waals surface area contributed by atoms with Gasteiger partial charge in [-0.05, 0) is 37.6 Å². The molecule has 0 amide bonds. The third-order valence-corrected chi connectivity index (χ3v) is 4.69. The molecule has 0 saturated carbocycles. The second kappa shape index (κ2) is 11.1. The van der Waals surface area contributed by atoms with Crippen molar-refractivity contribution in [3.8, 4) is 0 Å². The molecule has 0 aliphatic rings. The van der Waals surface area contributed by atoms with Crippen LogP contribution in [0.3, 0.4) is 0 Å². The zero-order valence-corrected chi connectivity index (χ0v) is 17.6. The normalized spacial score (nSPS) is 12.4. The largest absolute Gasteiger partial charge is 0.377 e. The molecular formula is C24H30N4O. The van der Waals surface area contributed by atoms with Crippen LogP contribution in [0.25, 0.3) is 21.8 Å². The van der Waals surface area contributed by atoms with E-state index in [9.17, 15) is 0 Å². The lowest BCUT2D eigenvalue weighted by molar-refractivity contribution is 0.143. The Bertz CT molecular complexity index is 1030. The first-order valence-corrected chi connectivity index (χ1v) is 9.97. The lowest BCUT2D eigenvalue weighted by atomic mass is 10.1. The topological polar surface area (TPSA) is 74.2 Å². The minimum absolute atomic E-state index is 0.0248. The van der Waals surface area contributed by atoms with E-state index in [4.69, 9.17) is 15.7 Å². The number of ether oxygens (including phenoxy) is 1. The molecule has 2 N–H and O–H groups in total. The van der Waals surface area contributed by atoms with Crippen molar-refractivity contribution < 1.29 is 4.74 Å². The van der Waals surface area contributed by atoms with E-state index in [1.54, 1.807) is 7.11 Å². The van der Waals surface area contributed by atoms with Crippen molar-refractivity contribution in [3.63, 3.8) is 0 Å². The summed E-state index contributed by atoms with van der Waals surface area (Å²) in [7, 11) is 1.73. The first-order valence-electron chi connectivity index (χ1n) is 9.97. The number of nitrogens with one attached hydrogen (secondary N) is 2. The molecule has 0 aliphatic heterocycles. The number of rotatable bonds is 7. The second-order valence-corrected chi connectivity index (χ2v) is 6.33. The first-order chi connectivity index (χ1) is 14.2. The lowest BCUT2D eigenvalue weighted by Crippen LogP contribution is -2.04. The fourth-order valence-corrected chi connectivity index (χ4v) is 3.34. The molecule has 152 valence electrons. The smallest absolute Gasteiger partial charge is 0.173 e. The summed E-state index contributed by atoms with van der Waals surface area (Å²) >= 11 is 0. The molecule has 2 aromatic carbocycles. The van der Waals surface area contributed by atoms with Crippen LogP contribution >= 0.6 is 0 Å². The van der Waals surface area contributed by atoms with Crippen molar-refractivity contribution in [2.75, 3.05) is 7.11 Å². The second-order valence-electron chi connectivity index (χ2n) is 6.33. The van der Waals surface area contributed by atoms with Crippen molar-refractivity contribution in [1.29, 1.82) is 10.9 Å². The third-order valence-electron chi connectivity index (χ3n) is 4.69. The minimum Gasteiger partial charge on any atom is -0.377 e. The molecule has 0 spiro atoms. The van der Waals surface area contributed by atoms with Gasteiger partial charge in [0.1, 0.15) is 0 Å². The number of para-hydroxylation sites is 1. The Morgan fingerprint density at radius 3 is 2.52 bits per heavy atom. The predicted octanol–water partition coefficient (Wildman–Crippen LogP) is 6.71. The third kappa shape index (κ3) is 5.06. The SMILES string of the molecule is C/C=C\C(C/C=C/Cn1c2ccccc2c2cc(C(=N)N=N)ccc21)OC.CC. The van der Waals surface area contributed by atoms with Crippen LogP contribution < -0.4 is 0 Å². The summed E-state index contributed by atoms with van der Waals surface area (Å²) in [6.45, 7) is 6.76. The molecule has 1 atom stereocenters. The summed E-state index contributed by atoms with van der Waals surface area (Å²) in [6, 6.07) is 14.1. The highest BCUT2D eigenvalue weighted by Gasteiger charge is 2.11. The Morgan fingerprint density at radius 2 is 1.83 bits per heavy atom. The lowest BCUT2D eigenvalue weighted by Gasteiger charge is -2.08. The number of hydrogen-bond donors (Lipinski definition) is 2. The van der Waals surface area contributed by atoms with Gasteiger partial charge in [-0.2, -0.15) is 0 Å². The van der Waals surface area contributed by atoms with Crippen LogP contribution in [-0.4, -0.2) is 23.6 Å². The zero-order valence-electron chi connectivity index (χ0n) is 17.6. The fraction of sp³-hybridized carbons (Fsp3) is 0.292. The Balaban J connectivity index is 0.00000145. The van der Waals surface area contributed by atoms with Crippen LogP contribution in [0.5, 0.6) is 0 Å². The van der Waals surface area contributed by atoms with Crippen LogP contribution in [0.15, 0.2) is 71.9 Å². The average molecular weight is 391 g/mol. The summed E-state index contributed by atoms with van der Waals surface area (Å²) in [5, 5.41) is 13.3. The highest BCUT2D eigenvalue weighted by Crippen LogP contribution is 2.30. The van der Waals surface area contributed by atoms with Gasteiger partial charge in [0, 0.05) is 41.0 Å². The molecule has 0 saturated heterocycles. The minimum atomic E-state index is -0.0248. The molecule has 29 heavy (non-hydrogen) atoms. The van der Waals surface area contributed by atoms with Gasteiger partial charge in [-0.25, -0.2) is 5.53 Å². The van der Waals surface area contributed by atoms with Gasteiger partial charge >= 0.3 is 0 Å². The fourth-order valence-electron chi connectivity index (χ4n) is 3.34. The molecule has 3 rings (SSSR count). The van der Waals surface area contributed by atoms with Crippen molar-refractivity contribution in [2.45, 2.75) is 39.8 Å². The maximum atomic E-state index is 7.81. The summed E-state index contributed by atoms with van der Waals surface area (Å²) in [6.07, 6.45) is 9.32. The van der Waals surface area contributed by atoms with Crippen molar-refractivity contribution >= 4 is 27.6 Å². The molecule has 0 bridgehead atoms. The molecule has 1 heterocycles. The number of methoxy groups -OCH3 is 1. The Kier molecular flexibility index (Phi) is 8.49. The number of nitrogens with zero attached hydrogens (tertiary/aromatic N) is 2. The van der Waals surface area contributed by atoms with Crippen molar-refractivity contribution in [1.82, 2.24) is 4.57 Å². The Labute approximate surface area is 172 Å². The summed E-state index contributed by atoms with van der Waals surface area (Å²) in [4.78, 5) is 0. The maximum absolute atomic E-state index is 7.81. The van der Waals surface area contributed by atoms with E-state index in [1.807, 2.05) is 57.2 Å². The van der Waals surface area contributed by atoms with Gasteiger partial charge in [-0.15, -0.1) is 5.11 Å². The van der Waals surface area contributed by atoms with Crippen molar-refractivity contribution in [3.05, 3.63) is 72.3 Å². The number of benzene rings is 2. The Hall–Kier alpha value is -3.05. The van der Waals surface area contributed by atoms with E-state index in [1.165, 1.54) is 0 Å². The summed E-state index contributed by atoms with van der Waals surface area (Å²) in [5.41, 5.74) is 10.0. The van der Waals surface area contributed by atoms with Crippen LogP contribution in [0.1, 0.15) is 32.8 Å². The van der Waals surface area contributed by atoms with Crippen molar-refractivity contribution in [2.24, 2.45) is 5.11 Å². The molecule has 5 nitrogen and oxygen atoms in total. The zero-order chi connectivity index (χ0) is 21.2. The van der Waals surface area contributed by atoms with Gasteiger partial charge in [0.15, 0.2) is 5.84 Å². The van der Waals surface area contributed by atoms with Gasteiger partial charge in [-0.3, -0.25) is 5.41 Å². The predicted molar refractivity (Wildman–Crippen MR) is 122 cm³/mol. The summed E-state index contributed by atoms with van der Waals surface area (Å²) in [5.74, 6) is -0.0248. The Morgan fingerprint density at radius 1 is 1.10 bits per heavy atom. The van der Waals surface area contributed by atoms with E-state index < -0.39 is 0 Å². The van der Waals surface area contributed by atoms with E-state index >= 15 is 0 Å². The van der Waals surface area contributed by atoms with Gasteiger partial charge in [0.25, 0.3) is 0 Å². The highest BCUT2D eigenvalue weighted by molar-refractivity contribution is 6.11. The van der Waals surface area contributed by atoms with E-state index in [0.29, 0.717) is 5.56 Å². The molecule has 1 aromatic heterocycles. The van der Waals surface area contributed by atoms with Crippen LogP contribution in [0.2, 0.25) is 0 Å². The quantitative estimate of drug-likeness (QED) is 0.200. The van der Waals surface area contributed by atoms with E-state index in [-0.39, 0.29) is 11.9 Å². The molecule has 3 aromatic rings. The van der Waals surface area contributed by atoms with Crippen LogP contribution in [-0.2, 0) is 11.3 Å². The first kappa shape index (κ1) is 22.2. The number of hydrogen-bond acceptors (Lipinski definition) is 3. The molecule has 0 aliphatic carbocycles. The van der Waals surface area contributed by atoms with Crippen LogP contribution in [0.4, 0.5) is 0 Å². The van der Waals surface area contributed by atoms with Gasteiger partial charge < -0.3 is 9.30 Å². The highest BCUT2D eigenvalue weighted by atomic mass is 16.5. The van der Waals surface area contributed by atoms with Gasteiger partial charge in [0.05, 0.1) is 6.10 Å². The van der Waals surface area contributed by atoms with E-state index in [2.05, 4.69) is 40.0 Å². The molecule has 5 heteroatoms.